The largest absolute Gasteiger partial charge is 0.490 e. The van der Waals surface area contributed by atoms with Crippen LogP contribution in [0.25, 0.3) is 0 Å². The van der Waals surface area contributed by atoms with Crippen molar-refractivity contribution in [3.8, 4) is 11.5 Å². The van der Waals surface area contributed by atoms with Crippen LogP contribution in [0.1, 0.15) is 24.0 Å². The van der Waals surface area contributed by atoms with E-state index in [-0.39, 0.29) is 6.61 Å². The van der Waals surface area contributed by atoms with Crippen molar-refractivity contribution in [2.75, 3.05) is 19.8 Å². The molecule has 0 radical (unpaired) electrons. The average molecular weight is 222 g/mol. The van der Waals surface area contributed by atoms with Gasteiger partial charge < -0.3 is 14.6 Å². The van der Waals surface area contributed by atoms with E-state index in [9.17, 15) is 0 Å². The second kappa shape index (κ2) is 5.21. The zero-order chi connectivity index (χ0) is 11.4. The van der Waals surface area contributed by atoms with E-state index in [1.54, 1.807) is 0 Å². The van der Waals surface area contributed by atoms with Crippen LogP contribution in [0.2, 0.25) is 0 Å². The Bertz CT molecular complexity index is 360. The topological polar surface area (TPSA) is 38.7 Å². The highest BCUT2D eigenvalue weighted by molar-refractivity contribution is 5.50. The third-order valence-electron chi connectivity index (χ3n) is 2.88. The molecule has 0 spiro atoms. The maximum atomic E-state index is 8.85. The van der Waals surface area contributed by atoms with Crippen LogP contribution in [0, 0.1) is 6.92 Å². The molecule has 0 saturated carbocycles. The van der Waals surface area contributed by atoms with Crippen molar-refractivity contribution in [3.05, 3.63) is 23.3 Å². The van der Waals surface area contributed by atoms with Crippen molar-refractivity contribution in [2.45, 2.75) is 26.2 Å². The molecule has 1 aromatic rings. The first-order chi connectivity index (χ1) is 7.83. The molecular formula is C13H18O3. The molecular weight excluding hydrogens is 204 g/mol. The number of benzene rings is 1. The number of aliphatic hydroxyl groups excluding tert-OH is 1. The molecule has 1 N–H and O–H groups in total. The van der Waals surface area contributed by atoms with Gasteiger partial charge in [-0.3, -0.25) is 0 Å². The van der Waals surface area contributed by atoms with Crippen LogP contribution in [-0.2, 0) is 6.42 Å². The average Bonchev–Trinajstić information content (AvgIpc) is 2.54. The zero-order valence-electron chi connectivity index (χ0n) is 9.66. The highest BCUT2D eigenvalue weighted by Gasteiger charge is 2.14. The first-order valence-electron chi connectivity index (χ1n) is 5.82. The van der Waals surface area contributed by atoms with Gasteiger partial charge in [-0.1, -0.05) is 6.07 Å². The van der Waals surface area contributed by atoms with Gasteiger partial charge in [0.1, 0.15) is 0 Å². The summed E-state index contributed by atoms with van der Waals surface area (Å²) in [5, 5.41) is 8.85. The van der Waals surface area contributed by atoms with Gasteiger partial charge in [0.25, 0.3) is 0 Å². The minimum Gasteiger partial charge on any atom is -0.490 e. The summed E-state index contributed by atoms with van der Waals surface area (Å²) in [4.78, 5) is 0. The number of hydrogen-bond acceptors (Lipinski definition) is 3. The summed E-state index contributed by atoms with van der Waals surface area (Å²) in [7, 11) is 0. The minimum atomic E-state index is 0.230. The van der Waals surface area contributed by atoms with Gasteiger partial charge in [0.2, 0.25) is 0 Å². The van der Waals surface area contributed by atoms with Gasteiger partial charge in [-0.25, -0.2) is 0 Å². The van der Waals surface area contributed by atoms with Gasteiger partial charge in [-0.05, 0) is 37.0 Å². The minimum absolute atomic E-state index is 0.230. The predicted molar refractivity (Wildman–Crippen MR) is 62.2 cm³/mol. The molecule has 88 valence electrons. The van der Waals surface area contributed by atoms with Crippen LogP contribution in [0.15, 0.2) is 12.1 Å². The van der Waals surface area contributed by atoms with E-state index in [1.165, 1.54) is 5.56 Å². The maximum Gasteiger partial charge on any atom is 0.164 e. The van der Waals surface area contributed by atoms with Gasteiger partial charge >= 0.3 is 0 Å². The van der Waals surface area contributed by atoms with Crippen LogP contribution < -0.4 is 9.47 Å². The van der Waals surface area contributed by atoms with E-state index < -0.39 is 0 Å². The fraction of sp³-hybridized carbons (Fsp3) is 0.538. The third-order valence-corrected chi connectivity index (χ3v) is 2.88. The second-order valence-electron chi connectivity index (χ2n) is 4.05. The number of ether oxygens (including phenoxy) is 2. The third kappa shape index (κ3) is 2.30. The molecule has 3 nitrogen and oxygen atoms in total. The SMILES string of the molecule is Cc1c(CCCO)ccc2c1OCCCO2. The lowest BCUT2D eigenvalue weighted by molar-refractivity contribution is 0.288. The van der Waals surface area contributed by atoms with Crippen LogP contribution in [0.3, 0.4) is 0 Å². The molecule has 0 unspecified atom stereocenters. The van der Waals surface area contributed by atoms with Crippen molar-refractivity contribution in [2.24, 2.45) is 0 Å². The molecule has 0 saturated heterocycles. The summed E-state index contributed by atoms with van der Waals surface area (Å²) in [6.45, 7) is 3.73. The lowest BCUT2D eigenvalue weighted by Crippen LogP contribution is -1.99. The standard InChI is InChI=1S/C13H18O3/c1-10-11(4-2-7-14)5-6-12-13(10)16-9-3-8-15-12/h5-6,14H,2-4,7-9H2,1H3. The van der Waals surface area contributed by atoms with Crippen molar-refractivity contribution in [1.82, 2.24) is 0 Å². The molecule has 1 heterocycles. The van der Waals surface area contributed by atoms with Gasteiger partial charge in [-0.2, -0.15) is 0 Å². The Labute approximate surface area is 96.0 Å². The van der Waals surface area contributed by atoms with Crippen LogP contribution in [0.4, 0.5) is 0 Å². The summed E-state index contributed by atoms with van der Waals surface area (Å²) in [6.07, 6.45) is 2.61. The van der Waals surface area contributed by atoms with E-state index in [0.717, 1.165) is 49.5 Å². The van der Waals surface area contributed by atoms with Gasteiger partial charge in [0.05, 0.1) is 13.2 Å². The summed E-state index contributed by atoms with van der Waals surface area (Å²) < 4.78 is 11.3. The Morgan fingerprint density at radius 1 is 1.25 bits per heavy atom. The smallest absolute Gasteiger partial charge is 0.164 e. The molecule has 0 aliphatic carbocycles. The van der Waals surface area contributed by atoms with E-state index in [2.05, 4.69) is 13.0 Å². The molecule has 16 heavy (non-hydrogen) atoms. The highest BCUT2D eigenvalue weighted by atomic mass is 16.5. The van der Waals surface area contributed by atoms with Crippen LogP contribution in [0.5, 0.6) is 11.5 Å². The summed E-state index contributed by atoms with van der Waals surface area (Å²) in [5.41, 5.74) is 2.38. The van der Waals surface area contributed by atoms with E-state index in [0.29, 0.717) is 0 Å². The Hall–Kier alpha value is -1.22. The number of aliphatic hydroxyl groups is 1. The Balaban J connectivity index is 2.26. The quantitative estimate of drug-likeness (QED) is 0.851. The van der Waals surface area contributed by atoms with E-state index in [1.807, 2.05) is 6.07 Å². The molecule has 0 atom stereocenters. The summed E-state index contributed by atoms with van der Waals surface area (Å²) in [6, 6.07) is 4.04. The Kier molecular flexibility index (Phi) is 3.67. The summed E-state index contributed by atoms with van der Waals surface area (Å²) >= 11 is 0. The normalized spacial score (nSPS) is 14.6. The van der Waals surface area contributed by atoms with E-state index >= 15 is 0 Å². The number of fused-ring (bicyclic) bond motifs is 1. The Morgan fingerprint density at radius 2 is 2.06 bits per heavy atom. The summed E-state index contributed by atoms with van der Waals surface area (Å²) in [5.74, 6) is 1.73. The van der Waals surface area contributed by atoms with Gasteiger partial charge in [0, 0.05) is 13.0 Å². The number of rotatable bonds is 3. The zero-order valence-corrected chi connectivity index (χ0v) is 9.66. The highest BCUT2D eigenvalue weighted by Crippen LogP contribution is 2.35. The molecule has 0 bridgehead atoms. The van der Waals surface area contributed by atoms with Crippen molar-refractivity contribution in [1.29, 1.82) is 0 Å². The first-order valence-corrected chi connectivity index (χ1v) is 5.82. The monoisotopic (exact) mass is 222 g/mol. The molecule has 0 fully saturated rings. The van der Waals surface area contributed by atoms with Crippen molar-refractivity contribution in [3.63, 3.8) is 0 Å². The molecule has 0 aromatic heterocycles. The molecule has 2 rings (SSSR count). The Morgan fingerprint density at radius 3 is 2.88 bits per heavy atom. The van der Waals surface area contributed by atoms with Crippen molar-refractivity contribution < 1.29 is 14.6 Å². The van der Waals surface area contributed by atoms with Gasteiger partial charge in [-0.15, -0.1) is 0 Å². The second-order valence-corrected chi connectivity index (χ2v) is 4.05. The number of hydrogen-bond donors (Lipinski definition) is 1. The molecule has 1 aliphatic heterocycles. The van der Waals surface area contributed by atoms with Crippen LogP contribution in [-0.4, -0.2) is 24.9 Å². The number of aryl methyl sites for hydroxylation is 1. The fourth-order valence-electron chi connectivity index (χ4n) is 1.96. The van der Waals surface area contributed by atoms with Gasteiger partial charge in [0.15, 0.2) is 11.5 Å². The predicted octanol–water partition coefficient (Wildman–Crippen LogP) is 2.08. The molecule has 1 aliphatic rings. The molecule has 3 heteroatoms. The van der Waals surface area contributed by atoms with E-state index in [4.69, 9.17) is 14.6 Å². The lowest BCUT2D eigenvalue weighted by atomic mass is 10.0. The molecule has 0 amide bonds. The van der Waals surface area contributed by atoms with Crippen molar-refractivity contribution >= 4 is 0 Å². The first kappa shape index (κ1) is 11.3. The molecule has 1 aromatic carbocycles. The maximum absolute atomic E-state index is 8.85. The van der Waals surface area contributed by atoms with Crippen LogP contribution >= 0.6 is 0 Å². The lowest BCUT2D eigenvalue weighted by Gasteiger charge is -2.13. The fourth-order valence-corrected chi connectivity index (χ4v) is 1.96.